The van der Waals surface area contributed by atoms with Gasteiger partial charge in [-0.1, -0.05) is 13.3 Å². The van der Waals surface area contributed by atoms with Gasteiger partial charge in [-0.15, -0.1) is 0 Å². The van der Waals surface area contributed by atoms with E-state index in [4.69, 9.17) is 9.47 Å². The molecule has 0 spiro atoms. The number of alkyl halides is 1. The van der Waals surface area contributed by atoms with Crippen molar-refractivity contribution in [3.05, 3.63) is 48.5 Å². The van der Waals surface area contributed by atoms with Gasteiger partial charge in [0.05, 0.1) is 18.0 Å². The minimum absolute atomic E-state index is 0.0452. The van der Waals surface area contributed by atoms with E-state index in [2.05, 4.69) is 33.1 Å². The van der Waals surface area contributed by atoms with Crippen LogP contribution in [0.15, 0.2) is 58.8 Å². The summed E-state index contributed by atoms with van der Waals surface area (Å²) in [6.45, 7) is 4.74. The first kappa shape index (κ1) is 17.5. The van der Waals surface area contributed by atoms with Crippen molar-refractivity contribution in [2.24, 2.45) is 10.2 Å². The van der Waals surface area contributed by atoms with Crippen LogP contribution in [0.1, 0.15) is 26.7 Å². The largest absolute Gasteiger partial charge is 0.494 e. The monoisotopic (exact) mass is 376 g/mol. The van der Waals surface area contributed by atoms with Crippen molar-refractivity contribution in [1.29, 1.82) is 0 Å². The average Bonchev–Trinajstić information content (AvgIpc) is 2.56. The van der Waals surface area contributed by atoms with Crippen LogP contribution in [-0.2, 0) is 0 Å². The first-order valence-electron chi connectivity index (χ1n) is 7.76. The summed E-state index contributed by atoms with van der Waals surface area (Å²) in [4.78, 5) is 0. The quantitative estimate of drug-likeness (QED) is 0.395. The molecule has 0 saturated heterocycles. The molecule has 0 aliphatic carbocycles. The van der Waals surface area contributed by atoms with Gasteiger partial charge in [0, 0.05) is 0 Å². The van der Waals surface area contributed by atoms with E-state index in [1.165, 1.54) is 0 Å². The molecule has 0 amide bonds. The Balaban J connectivity index is 1.94. The van der Waals surface area contributed by atoms with Gasteiger partial charge in [0.25, 0.3) is 0 Å². The topological polar surface area (TPSA) is 43.2 Å². The Kier molecular flexibility index (Phi) is 7.07. The van der Waals surface area contributed by atoms with E-state index in [-0.39, 0.29) is 5.01 Å². The predicted molar refractivity (Wildman–Crippen MR) is 96.5 cm³/mol. The molecule has 0 aromatic heterocycles. The van der Waals surface area contributed by atoms with E-state index in [1.54, 1.807) is 0 Å². The zero-order valence-electron chi connectivity index (χ0n) is 13.4. The summed E-state index contributed by atoms with van der Waals surface area (Å²) in [6, 6.07) is 15.1. The van der Waals surface area contributed by atoms with E-state index >= 15 is 0 Å². The third-order valence-electron chi connectivity index (χ3n) is 3.04. The SMILES string of the molecule is CCCC(Br)Oc1ccc(N=Nc2ccc(OCC)cc2)cc1. The van der Waals surface area contributed by atoms with Crippen LogP contribution >= 0.6 is 15.9 Å². The van der Waals surface area contributed by atoms with E-state index in [0.29, 0.717) is 6.61 Å². The molecular formula is C18H21BrN2O2. The molecule has 2 aromatic rings. The van der Waals surface area contributed by atoms with Crippen molar-refractivity contribution in [2.45, 2.75) is 31.7 Å². The fourth-order valence-electron chi connectivity index (χ4n) is 1.92. The number of halogens is 1. The summed E-state index contributed by atoms with van der Waals surface area (Å²) in [5.41, 5.74) is 1.57. The molecule has 4 nitrogen and oxygen atoms in total. The Morgan fingerprint density at radius 1 is 0.870 bits per heavy atom. The van der Waals surface area contributed by atoms with Crippen LogP contribution in [0.5, 0.6) is 11.5 Å². The van der Waals surface area contributed by atoms with Crippen molar-refractivity contribution in [1.82, 2.24) is 0 Å². The smallest absolute Gasteiger partial charge is 0.153 e. The molecule has 1 unspecified atom stereocenters. The lowest BCUT2D eigenvalue weighted by Crippen LogP contribution is -2.06. The third kappa shape index (κ3) is 6.02. The summed E-state index contributed by atoms with van der Waals surface area (Å²) in [6.07, 6.45) is 2.05. The number of rotatable bonds is 8. The number of hydrogen-bond acceptors (Lipinski definition) is 4. The molecule has 0 fully saturated rings. The lowest BCUT2D eigenvalue weighted by atomic mass is 10.3. The molecular weight excluding hydrogens is 356 g/mol. The highest BCUT2D eigenvalue weighted by molar-refractivity contribution is 9.09. The second-order valence-corrected chi connectivity index (χ2v) is 5.96. The van der Waals surface area contributed by atoms with Gasteiger partial charge in [-0.3, -0.25) is 0 Å². The van der Waals surface area contributed by atoms with Crippen molar-refractivity contribution < 1.29 is 9.47 Å². The fourth-order valence-corrected chi connectivity index (χ4v) is 2.59. The second-order valence-electron chi connectivity index (χ2n) is 4.94. The molecule has 0 N–H and O–H groups in total. The van der Waals surface area contributed by atoms with Gasteiger partial charge >= 0.3 is 0 Å². The van der Waals surface area contributed by atoms with Gasteiger partial charge in [0.2, 0.25) is 0 Å². The molecule has 0 heterocycles. The molecule has 0 radical (unpaired) electrons. The van der Waals surface area contributed by atoms with Crippen LogP contribution in [0, 0.1) is 0 Å². The minimum Gasteiger partial charge on any atom is -0.494 e. The number of azo groups is 1. The number of hydrogen-bond donors (Lipinski definition) is 0. The highest BCUT2D eigenvalue weighted by Crippen LogP contribution is 2.24. The highest BCUT2D eigenvalue weighted by Gasteiger charge is 2.04. The second kappa shape index (κ2) is 9.30. The Morgan fingerprint density at radius 3 is 1.87 bits per heavy atom. The van der Waals surface area contributed by atoms with Gasteiger partial charge in [-0.2, -0.15) is 10.2 Å². The number of benzene rings is 2. The van der Waals surface area contributed by atoms with Gasteiger partial charge in [-0.05, 0) is 77.8 Å². The molecule has 0 saturated carbocycles. The number of nitrogens with zero attached hydrogens (tertiary/aromatic N) is 2. The Bertz CT molecular complexity index is 612. The molecule has 122 valence electrons. The lowest BCUT2D eigenvalue weighted by Gasteiger charge is -2.11. The van der Waals surface area contributed by atoms with E-state index in [9.17, 15) is 0 Å². The van der Waals surface area contributed by atoms with Gasteiger partial charge in [0.1, 0.15) is 11.5 Å². The molecule has 5 heteroatoms. The first-order valence-corrected chi connectivity index (χ1v) is 8.68. The molecule has 2 aromatic carbocycles. The first-order chi connectivity index (χ1) is 11.2. The maximum atomic E-state index is 5.74. The minimum atomic E-state index is 0.0452. The van der Waals surface area contributed by atoms with Gasteiger partial charge in [0.15, 0.2) is 5.01 Å². The molecule has 1 atom stereocenters. The van der Waals surface area contributed by atoms with Gasteiger partial charge < -0.3 is 9.47 Å². The summed E-state index contributed by atoms with van der Waals surface area (Å²) >= 11 is 3.50. The van der Waals surface area contributed by atoms with Crippen LogP contribution in [0.3, 0.4) is 0 Å². The summed E-state index contributed by atoms with van der Waals surface area (Å²) in [5, 5.41) is 8.49. The van der Waals surface area contributed by atoms with Crippen LogP contribution in [0.25, 0.3) is 0 Å². The van der Waals surface area contributed by atoms with E-state index < -0.39 is 0 Å². The Labute approximate surface area is 145 Å². The molecule has 0 aliphatic heterocycles. The summed E-state index contributed by atoms with van der Waals surface area (Å²) in [5.74, 6) is 1.66. The Morgan fingerprint density at radius 2 is 1.39 bits per heavy atom. The Hall–Kier alpha value is -1.88. The standard InChI is InChI=1S/C18H21BrN2O2/c1-3-5-18(19)23-17-12-8-15(9-13-17)21-20-14-6-10-16(11-7-14)22-4-2/h6-13,18H,3-5H2,1-2H3. The number of ether oxygens (including phenoxy) is 2. The van der Waals surface area contributed by atoms with Crippen molar-refractivity contribution >= 4 is 27.3 Å². The predicted octanol–water partition coefficient (Wildman–Crippen LogP) is 6.40. The molecule has 2 rings (SSSR count). The van der Waals surface area contributed by atoms with Crippen LogP contribution in [0.4, 0.5) is 11.4 Å². The normalized spacial score (nSPS) is 12.3. The van der Waals surface area contributed by atoms with Crippen LogP contribution in [0.2, 0.25) is 0 Å². The summed E-state index contributed by atoms with van der Waals surface area (Å²) in [7, 11) is 0. The summed E-state index contributed by atoms with van der Waals surface area (Å²) < 4.78 is 11.1. The zero-order valence-corrected chi connectivity index (χ0v) is 15.0. The molecule has 23 heavy (non-hydrogen) atoms. The average molecular weight is 377 g/mol. The van der Waals surface area contributed by atoms with Crippen molar-refractivity contribution in [3.63, 3.8) is 0 Å². The maximum Gasteiger partial charge on any atom is 0.153 e. The fraction of sp³-hybridized carbons (Fsp3) is 0.333. The van der Waals surface area contributed by atoms with E-state index in [1.807, 2.05) is 55.5 Å². The maximum absolute atomic E-state index is 5.74. The van der Waals surface area contributed by atoms with Crippen molar-refractivity contribution in [3.8, 4) is 11.5 Å². The van der Waals surface area contributed by atoms with Gasteiger partial charge in [-0.25, -0.2) is 0 Å². The molecule has 0 aliphatic rings. The van der Waals surface area contributed by atoms with E-state index in [0.717, 1.165) is 35.7 Å². The lowest BCUT2D eigenvalue weighted by molar-refractivity contribution is 0.282. The third-order valence-corrected chi connectivity index (χ3v) is 3.69. The van der Waals surface area contributed by atoms with Crippen LogP contribution < -0.4 is 9.47 Å². The molecule has 0 bridgehead atoms. The zero-order chi connectivity index (χ0) is 16.5. The highest BCUT2D eigenvalue weighted by atomic mass is 79.9. The van der Waals surface area contributed by atoms with Crippen molar-refractivity contribution in [2.75, 3.05) is 6.61 Å². The van der Waals surface area contributed by atoms with Crippen LogP contribution in [-0.4, -0.2) is 11.6 Å².